The highest BCUT2D eigenvalue weighted by atomic mass is 16.5. The summed E-state index contributed by atoms with van der Waals surface area (Å²) < 4.78 is 7.95. The minimum absolute atomic E-state index is 0.585. The largest absolute Gasteiger partial charge is 0.381 e. The highest BCUT2D eigenvalue weighted by Gasteiger charge is 2.27. The predicted molar refractivity (Wildman–Crippen MR) is 74.1 cm³/mol. The number of nitrogens with one attached hydrogen (secondary N) is 1. The summed E-state index contributed by atoms with van der Waals surface area (Å²) in [4.78, 5) is 7.34. The van der Waals surface area contributed by atoms with Crippen LogP contribution < -0.4 is 5.32 Å². The minimum Gasteiger partial charge on any atom is -0.381 e. The molecule has 19 heavy (non-hydrogen) atoms. The number of fused-ring (bicyclic) bond motifs is 1. The first-order chi connectivity index (χ1) is 9.29. The van der Waals surface area contributed by atoms with E-state index in [0.29, 0.717) is 5.92 Å². The third-order valence-electron chi connectivity index (χ3n) is 4.24. The Morgan fingerprint density at radius 3 is 2.84 bits per heavy atom. The van der Waals surface area contributed by atoms with Crippen LogP contribution in [0, 0.1) is 0 Å². The van der Waals surface area contributed by atoms with Gasteiger partial charge in [0.15, 0.2) is 0 Å². The number of imidazole rings is 1. The molecule has 0 unspecified atom stereocenters. The quantitative estimate of drug-likeness (QED) is 0.882. The van der Waals surface area contributed by atoms with Gasteiger partial charge in [0.2, 0.25) is 0 Å². The zero-order valence-electron chi connectivity index (χ0n) is 12.0. The molecule has 0 aliphatic carbocycles. The molecule has 0 aromatic carbocycles. The van der Waals surface area contributed by atoms with Gasteiger partial charge in [0, 0.05) is 45.3 Å². The summed E-state index contributed by atoms with van der Waals surface area (Å²) in [6.07, 6.45) is 2.23. The van der Waals surface area contributed by atoms with Crippen LogP contribution in [0.4, 0.5) is 0 Å². The Balaban J connectivity index is 1.93. The fraction of sp³-hybridized carbons (Fsp3) is 0.786. The molecule has 0 radical (unpaired) electrons. The average Bonchev–Trinajstić information content (AvgIpc) is 2.79. The third kappa shape index (κ3) is 2.55. The van der Waals surface area contributed by atoms with Crippen molar-refractivity contribution in [1.29, 1.82) is 0 Å². The number of nitrogens with zero attached hydrogens (tertiary/aromatic N) is 3. The van der Waals surface area contributed by atoms with E-state index in [4.69, 9.17) is 9.72 Å². The maximum atomic E-state index is 5.48. The zero-order chi connectivity index (χ0) is 13.2. The van der Waals surface area contributed by atoms with Gasteiger partial charge in [0.25, 0.3) is 0 Å². The Bertz CT molecular complexity index is 437. The molecule has 1 saturated heterocycles. The molecule has 0 atom stereocenters. The van der Waals surface area contributed by atoms with Crippen molar-refractivity contribution in [2.24, 2.45) is 0 Å². The lowest BCUT2D eigenvalue weighted by Crippen LogP contribution is -2.32. The van der Waals surface area contributed by atoms with Crippen LogP contribution in [0.1, 0.15) is 36.0 Å². The predicted octanol–water partition coefficient (Wildman–Crippen LogP) is 0.942. The Morgan fingerprint density at radius 2 is 2.11 bits per heavy atom. The summed E-state index contributed by atoms with van der Waals surface area (Å²) >= 11 is 0. The number of ether oxygens (including phenoxy) is 1. The van der Waals surface area contributed by atoms with E-state index < -0.39 is 0 Å². The van der Waals surface area contributed by atoms with Gasteiger partial charge in [0.1, 0.15) is 5.82 Å². The van der Waals surface area contributed by atoms with E-state index in [2.05, 4.69) is 21.8 Å². The first kappa shape index (κ1) is 13.1. The van der Waals surface area contributed by atoms with Crippen molar-refractivity contribution >= 4 is 0 Å². The standard InChI is InChI=1S/C14H24N4O/c1-15-9-12-13-10-17(2)5-6-18(13)14(16-12)11-3-7-19-8-4-11/h11,15H,3-10H2,1-2H3. The highest BCUT2D eigenvalue weighted by Crippen LogP contribution is 2.30. The molecular formula is C14H24N4O. The van der Waals surface area contributed by atoms with Crippen molar-refractivity contribution in [2.45, 2.75) is 38.4 Å². The van der Waals surface area contributed by atoms with Crippen molar-refractivity contribution in [3.63, 3.8) is 0 Å². The van der Waals surface area contributed by atoms with Crippen molar-refractivity contribution in [1.82, 2.24) is 19.8 Å². The summed E-state index contributed by atoms with van der Waals surface area (Å²) in [6.45, 7) is 5.86. The molecule has 2 aliphatic rings. The van der Waals surface area contributed by atoms with Gasteiger partial charge < -0.3 is 14.6 Å². The molecule has 1 fully saturated rings. The molecule has 1 N–H and O–H groups in total. The Labute approximate surface area is 114 Å². The molecule has 1 aromatic heterocycles. The molecule has 3 heterocycles. The first-order valence-corrected chi connectivity index (χ1v) is 7.28. The summed E-state index contributed by atoms with van der Waals surface area (Å²) in [6, 6.07) is 0. The van der Waals surface area contributed by atoms with Gasteiger partial charge >= 0.3 is 0 Å². The molecule has 5 nitrogen and oxygen atoms in total. The van der Waals surface area contributed by atoms with Crippen LogP contribution in [0.15, 0.2) is 0 Å². The fourth-order valence-electron chi connectivity index (χ4n) is 3.17. The van der Waals surface area contributed by atoms with Crippen LogP contribution in [0.5, 0.6) is 0 Å². The summed E-state index contributed by atoms with van der Waals surface area (Å²) in [7, 11) is 4.18. The number of likely N-dealkylation sites (N-methyl/N-ethyl adjacent to an activating group) is 1. The molecule has 0 amide bonds. The molecule has 2 aliphatic heterocycles. The molecule has 0 spiro atoms. The lowest BCUT2D eigenvalue weighted by atomic mass is 9.99. The van der Waals surface area contributed by atoms with Gasteiger partial charge in [-0.25, -0.2) is 4.98 Å². The van der Waals surface area contributed by atoms with Crippen LogP contribution in [-0.2, 0) is 24.4 Å². The molecule has 106 valence electrons. The normalized spacial score (nSPS) is 21.6. The fourth-order valence-corrected chi connectivity index (χ4v) is 3.17. The topological polar surface area (TPSA) is 42.3 Å². The van der Waals surface area contributed by atoms with Gasteiger partial charge in [-0.3, -0.25) is 4.90 Å². The minimum atomic E-state index is 0.585. The summed E-state index contributed by atoms with van der Waals surface area (Å²) in [5.74, 6) is 1.89. The van der Waals surface area contributed by atoms with E-state index >= 15 is 0 Å². The van der Waals surface area contributed by atoms with E-state index in [9.17, 15) is 0 Å². The van der Waals surface area contributed by atoms with Gasteiger partial charge in [-0.15, -0.1) is 0 Å². The van der Waals surface area contributed by atoms with Crippen molar-refractivity contribution in [3.05, 3.63) is 17.2 Å². The maximum absolute atomic E-state index is 5.48. The maximum Gasteiger partial charge on any atom is 0.112 e. The van der Waals surface area contributed by atoms with Gasteiger partial charge in [0.05, 0.1) is 11.4 Å². The van der Waals surface area contributed by atoms with Crippen LogP contribution in [0.3, 0.4) is 0 Å². The van der Waals surface area contributed by atoms with Crippen LogP contribution in [0.2, 0.25) is 0 Å². The second kappa shape index (κ2) is 5.61. The highest BCUT2D eigenvalue weighted by molar-refractivity contribution is 5.21. The second-order valence-electron chi connectivity index (χ2n) is 5.67. The lowest BCUT2D eigenvalue weighted by molar-refractivity contribution is 0.0823. The van der Waals surface area contributed by atoms with Crippen molar-refractivity contribution < 1.29 is 4.74 Å². The summed E-state index contributed by atoms with van der Waals surface area (Å²) in [5, 5.41) is 3.25. The zero-order valence-corrected chi connectivity index (χ0v) is 12.0. The Kier molecular flexibility index (Phi) is 3.86. The second-order valence-corrected chi connectivity index (χ2v) is 5.67. The number of hydrogen-bond donors (Lipinski definition) is 1. The van der Waals surface area contributed by atoms with Gasteiger partial charge in [-0.1, -0.05) is 0 Å². The Morgan fingerprint density at radius 1 is 1.32 bits per heavy atom. The van der Waals surface area contributed by atoms with E-state index in [1.54, 1.807) is 0 Å². The molecular weight excluding hydrogens is 240 g/mol. The number of hydrogen-bond acceptors (Lipinski definition) is 4. The molecule has 5 heteroatoms. The smallest absolute Gasteiger partial charge is 0.112 e. The SMILES string of the molecule is CNCc1nc(C2CCOCC2)n2c1CN(C)CC2. The van der Waals surface area contributed by atoms with E-state index in [1.165, 1.54) is 17.2 Å². The number of rotatable bonds is 3. The van der Waals surface area contributed by atoms with Crippen molar-refractivity contribution in [3.8, 4) is 0 Å². The van der Waals surface area contributed by atoms with E-state index in [0.717, 1.165) is 52.2 Å². The Hall–Kier alpha value is -0.910. The van der Waals surface area contributed by atoms with Crippen LogP contribution >= 0.6 is 0 Å². The summed E-state index contributed by atoms with van der Waals surface area (Å²) in [5.41, 5.74) is 2.64. The van der Waals surface area contributed by atoms with Crippen molar-refractivity contribution in [2.75, 3.05) is 33.9 Å². The van der Waals surface area contributed by atoms with E-state index in [-0.39, 0.29) is 0 Å². The lowest BCUT2D eigenvalue weighted by Gasteiger charge is -2.28. The van der Waals surface area contributed by atoms with Gasteiger partial charge in [-0.05, 0) is 26.9 Å². The van der Waals surface area contributed by atoms with Gasteiger partial charge in [-0.2, -0.15) is 0 Å². The molecule has 0 saturated carbocycles. The molecule has 3 rings (SSSR count). The van der Waals surface area contributed by atoms with Crippen LogP contribution in [0.25, 0.3) is 0 Å². The third-order valence-corrected chi connectivity index (χ3v) is 4.24. The average molecular weight is 264 g/mol. The molecule has 0 bridgehead atoms. The first-order valence-electron chi connectivity index (χ1n) is 7.28. The number of aromatic nitrogens is 2. The van der Waals surface area contributed by atoms with E-state index in [1.807, 2.05) is 7.05 Å². The monoisotopic (exact) mass is 264 g/mol. The molecule has 1 aromatic rings. The van der Waals surface area contributed by atoms with Crippen LogP contribution in [-0.4, -0.2) is 48.3 Å².